The number of hydrogen-bond acceptors (Lipinski definition) is 1. The van der Waals surface area contributed by atoms with Gasteiger partial charge in [0.25, 0.3) is 0 Å². The molecule has 0 aliphatic heterocycles. The van der Waals surface area contributed by atoms with E-state index >= 15 is 0 Å². The quantitative estimate of drug-likeness (QED) is 0.168. The van der Waals surface area contributed by atoms with Crippen LogP contribution in [0.15, 0.2) is 206 Å². The van der Waals surface area contributed by atoms with Crippen LogP contribution in [-0.4, -0.2) is 4.57 Å². The Morgan fingerprint density at radius 2 is 0.940 bits per heavy atom. The summed E-state index contributed by atoms with van der Waals surface area (Å²) in [7, 11) is 0. The topological polar surface area (TPSA) is 8.17 Å². The van der Waals surface area contributed by atoms with Crippen molar-refractivity contribution in [3.8, 4) is 39.1 Å². The normalized spacial score (nSPS) is 12.3. The predicted molar refractivity (Wildman–Crippen MR) is 212 cm³/mol. The van der Waals surface area contributed by atoms with E-state index in [4.69, 9.17) is 0 Å². The first-order valence-electron chi connectivity index (χ1n) is 18.8. The van der Waals surface area contributed by atoms with Gasteiger partial charge in [-0.3, -0.25) is 0 Å². The van der Waals surface area contributed by atoms with Crippen LogP contribution < -0.4 is 4.90 Å². The number of aromatic nitrogens is 1. The Bertz CT molecular complexity index is 2770. The highest BCUT2D eigenvalue weighted by Gasteiger charge is 2.18. The molecule has 2 heteroatoms. The maximum absolute atomic E-state index is 9.58. The van der Waals surface area contributed by atoms with E-state index in [9.17, 15) is 5.48 Å². The Kier molecular flexibility index (Phi) is 6.48. The van der Waals surface area contributed by atoms with Crippen molar-refractivity contribution in [2.24, 2.45) is 0 Å². The van der Waals surface area contributed by atoms with E-state index in [-0.39, 0.29) is 35.4 Å². The van der Waals surface area contributed by atoms with Crippen molar-refractivity contribution in [1.29, 1.82) is 0 Å². The average Bonchev–Trinajstić information content (AvgIpc) is 3.56. The molecule has 9 aromatic rings. The zero-order chi connectivity index (χ0) is 36.8. The summed E-state index contributed by atoms with van der Waals surface area (Å²) >= 11 is 0. The molecule has 0 bridgehead atoms. The van der Waals surface area contributed by atoms with Crippen molar-refractivity contribution < 1.29 is 5.48 Å². The molecule has 2 nitrogen and oxygen atoms in total. The Balaban J connectivity index is 1.24. The van der Waals surface area contributed by atoms with Crippen LogP contribution in [-0.2, 0) is 0 Å². The molecule has 0 saturated heterocycles. The van der Waals surface area contributed by atoms with Crippen LogP contribution in [0.3, 0.4) is 0 Å². The maximum Gasteiger partial charge on any atom is 0.0645 e. The number of anilines is 3. The van der Waals surface area contributed by atoms with Crippen molar-refractivity contribution in [1.82, 2.24) is 4.57 Å². The first-order valence-corrected chi connectivity index (χ1v) is 16.8. The summed E-state index contributed by atoms with van der Waals surface area (Å²) < 4.78 is 40.3. The Labute approximate surface area is 298 Å². The number of benzene rings is 8. The van der Waals surface area contributed by atoms with E-state index in [1.54, 1.807) is 0 Å². The van der Waals surface area contributed by atoms with Crippen LogP contribution in [0.25, 0.3) is 60.9 Å². The summed E-state index contributed by atoms with van der Waals surface area (Å²) in [4.78, 5) is 1.87. The lowest BCUT2D eigenvalue weighted by Gasteiger charge is -2.28. The SMILES string of the molecule is [2H]c1c([2H])c(N(c2ccc(-c3ccccc3)cc2)c2ccccc2-c2ccccc2)c([2H])c([2H])c1-c1ccc2c(c1)c1ccccc1n2-c1ccccc1. The molecule has 0 radical (unpaired) electrons. The summed E-state index contributed by atoms with van der Waals surface area (Å²) in [6.45, 7) is 0. The molecule has 1 aromatic heterocycles. The molecule has 0 aliphatic carbocycles. The molecule has 0 unspecified atom stereocenters. The van der Waals surface area contributed by atoms with Crippen molar-refractivity contribution in [3.05, 3.63) is 206 Å². The predicted octanol–water partition coefficient (Wildman–Crippen LogP) is 13.3. The highest BCUT2D eigenvalue weighted by atomic mass is 15.1. The molecule has 50 heavy (non-hydrogen) atoms. The summed E-state index contributed by atoms with van der Waals surface area (Å²) in [5.41, 5.74) is 9.66. The molecular formula is C48H34N2. The summed E-state index contributed by atoms with van der Waals surface area (Å²) in [6.07, 6.45) is 0. The number of hydrogen-bond donors (Lipinski definition) is 0. The van der Waals surface area contributed by atoms with Gasteiger partial charge in [-0.15, -0.1) is 0 Å². The second-order valence-corrected chi connectivity index (χ2v) is 12.3. The van der Waals surface area contributed by atoms with E-state index in [2.05, 4.69) is 41.0 Å². The minimum Gasteiger partial charge on any atom is -0.310 e. The monoisotopic (exact) mass is 642 g/mol. The van der Waals surface area contributed by atoms with E-state index in [1.807, 2.05) is 150 Å². The summed E-state index contributed by atoms with van der Waals surface area (Å²) in [5, 5.41) is 2.03. The van der Waals surface area contributed by atoms with Gasteiger partial charge in [-0.25, -0.2) is 0 Å². The standard InChI is InChI=1S/C48H34N2/c1-4-14-35(15-5-1)36-24-29-41(30-25-36)49(46-22-12-10-20-43(46)38-16-6-2-7-17-38)42-31-26-37(27-32-42)39-28-33-48-45(34-39)44-21-11-13-23-47(44)50(48)40-18-8-3-9-19-40/h1-34H/i26D,27D,31D,32D. The van der Waals surface area contributed by atoms with Crippen molar-refractivity contribution in [3.63, 3.8) is 0 Å². The van der Waals surface area contributed by atoms with Gasteiger partial charge in [0.2, 0.25) is 0 Å². The number of nitrogens with zero attached hydrogens (tertiary/aromatic N) is 2. The molecule has 0 saturated carbocycles. The second-order valence-electron chi connectivity index (χ2n) is 12.3. The Morgan fingerprint density at radius 1 is 0.380 bits per heavy atom. The third-order valence-corrected chi connectivity index (χ3v) is 9.27. The van der Waals surface area contributed by atoms with Gasteiger partial charge in [-0.2, -0.15) is 0 Å². The highest BCUT2D eigenvalue weighted by molar-refractivity contribution is 6.10. The maximum atomic E-state index is 9.58. The zero-order valence-electron chi connectivity index (χ0n) is 31.2. The number of para-hydroxylation sites is 3. The lowest BCUT2D eigenvalue weighted by atomic mass is 10.00. The molecule has 8 aromatic carbocycles. The zero-order valence-corrected chi connectivity index (χ0v) is 27.2. The fourth-order valence-electron chi connectivity index (χ4n) is 6.90. The van der Waals surface area contributed by atoms with Gasteiger partial charge in [-0.1, -0.05) is 146 Å². The molecule has 0 atom stereocenters. The molecule has 0 N–H and O–H groups in total. The molecule has 0 amide bonds. The fourth-order valence-corrected chi connectivity index (χ4v) is 6.90. The average molecular weight is 643 g/mol. The van der Waals surface area contributed by atoms with Crippen LogP contribution in [0.4, 0.5) is 17.1 Å². The molecular weight excluding hydrogens is 605 g/mol. The summed E-state index contributed by atoms with van der Waals surface area (Å²) in [5.74, 6) is 0. The number of fused-ring (bicyclic) bond motifs is 3. The lowest BCUT2D eigenvalue weighted by molar-refractivity contribution is 1.18. The van der Waals surface area contributed by atoms with E-state index in [0.717, 1.165) is 61.1 Å². The third kappa shape index (κ3) is 5.34. The van der Waals surface area contributed by atoms with Gasteiger partial charge >= 0.3 is 0 Å². The van der Waals surface area contributed by atoms with Gasteiger partial charge in [0.05, 0.1) is 22.2 Å². The van der Waals surface area contributed by atoms with Gasteiger partial charge in [0, 0.05) is 33.4 Å². The van der Waals surface area contributed by atoms with Crippen LogP contribution in [0.2, 0.25) is 0 Å². The first-order chi connectivity index (χ1) is 26.5. The van der Waals surface area contributed by atoms with Gasteiger partial charge in [-0.05, 0) is 88.4 Å². The molecule has 236 valence electrons. The van der Waals surface area contributed by atoms with Gasteiger partial charge in [0.1, 0.15) is 0 Å². The summed E-state index contributed by atoms with van der Waals surface area (Å²) in [6, 6.07) is 60.1. The van der Waals surface area contributed by atoms with Gasteiger partial charge in [0.15, 0.2) is 0 Å². The first kappa shape index (κ1) is 25.4. The minimum atomic E-state index is -0.118. The highest BCUT2D eigenvalue weighted by Crippen LogP contribution is 2.42. The Morgan fingerprint density at radius 3 is 1.68 bits per heavy atom. The molecule has 0 aliphatic rings. The van der Waals surface area contributed by atoms with Crippen LogP contribution in [0.5, 0.6) is 0 Å². The van der Waals surface area contributed by atoms with Gasteiger partial charge < -0.3 is 9.47 Å². The largest absolute Gasteiger partial charge is 0.310 e. The third-order valence-electron chi connectivity index (χ3n) is 9.27. The van der Waals surface area contributed by atoms with Crippen molar-refractivity contribution in [2.75, 3.05) is 4.90 Å². The van der Waals surface area contributed by atoms with E-state index < -0.39 is 0 Å². The Hall–Kier alpha value is -6.64. The van der Waals surface area contributed by atoms with Crippen molar-refractivity contribution in [2.45, 2.75) is 0 Å². The lowest BCUT2D eigenvalue weighted by Crippen LogP contribution is -2.11. The molecule has 0 fully saturated rings. The van der Waals surface area contributed by atoms with Crippen LogP contribution in [0, 0.1) is 0 Å². The molecule has 1 heterocycles. The molecule has 0 spiro atoms. The van der Waals surface area contributed by atoms with Crippen molar-refractivity contribution >= 4 is 38.9 Å². The van der Waals surface area contributed by atoms with Crippen LogP contribution >= 0.6 is 0 Å². The van der Waals surface area contributed by atoms with E-state index in [1.165, 1.54) is 0 Å². The van der Waals surface area contributed by atoms with E-state index in [0.29, 0.717) is 5.56 Å². The fraction of sp³-hybridized carbons (Fsp3) is 0. The second kappa shape index (κ2) is 12.8. The molecule has 9 rings (SSSR count). The number of rotatable bonds is 7. The van der Waals surface area contributed by atoms with Crippen LogP contribution in [0.1, 0.15) is 5.48 Å². The smallest absolute Gasteiger partial charge is 0.0645 e. The minimum absolute atomic E-state index is 0.0970.